The molecular formula is C11H14ClNO. The smallest absolute Gasteiger partial charge is 0.209 e. The van der Waals surface area contributed by atoms with Gasteiger partial charge in [-0.05, 0) is 36.6 Å². The van der Waals surface area contributed by atoms with E-state index in [0.717, 1.165) is 28.1 Å². The van der Waals surface area contributed by atoms with Crippen LogP contribution < -0.4 is 0 Å². The molecule has 76 valence electrons. The van der Waals surface area contributed by atoms with E-state index >= 15 is 0 Å². The molecule has 2 nitrogen and oxygen atoms in total. The van der Waals surface area contributed by atoms with Gasteiger partial charge in [-0.1, -0.05) is 17.7 Å². The first-order valence-corrected chi connectivity index (χ1v) is 4.83. The molecule has 0 heterocycles. The number of halogens is 1. The summed E-state index contributed by atoms with van der Waals surface area (Å²) < 4.78 is 0. The fourth-order valence-electron chi connectivity index (χ4n) is 1.32. The lowest BCUT2D eigenvalue weighted by Crippen LogP contribution is -2.15. The molecule has 0 radical (unpaired) electrons. The van der Waals surface area contributed by atoms with Crippen molar-refractivity contribution in [2.75, 3.05) is 7.05 Å². The van der Waals surface area contributed by atoms with E-state index in [-0.39, 0.29) is 0 Å². The van der Waals surface area contributed by atoms with E-state index in [1.807, 2.05) is 26.0 Å². The van der Waals surface area contributed by atoms with Crippen LogP contribution in [-0.2, 0) is 11.3 Å². The molecule has 3 heteroatoms. The van der Waals surface area contributed by atoms with Crippen molar-refractivity contribution in [2.45, 2.75) is 20.4 Å². The van der Waals surface area contributed by atoms with Crippen molar-refractivity contribution in [3.05, 3.63) is 33.8 Å². The molecule has 14 heavy (non-hydrogen) atoms. The Morgan fingerprint density at radius 1 is 1.36 bits per heavy atom. The molecule has 0 aliphatic rings. The third kappa shape index (κ3) is 2.48. The number of nitrogens with zero attached hydrogens (tertiary/aromatic N) is 1. The van der Waals surface area contributed by atoms with Crippen LogP contribution in [0.15, 0.2) is 12.1 Å². The SMILES string of the molecule is Cc1cc(CN(C)C=O)c(C)cc1Cl. The quantitative estimate of drug-likeness (QED) is 0.704. The zero-order valence-corrected chi connectivity index (χ0v) is 9.43. The van der Waals surface area contributed by atoms with Gasteiger partial charge in [-0.2, -0.15) is 0 Å². The normalized spacial score (nSPS) is 10.0. The van der Waals surface area contributed by atoms with Crippen LogP contribution in [0.4, 0.5) is 0 Å². The third-order valence-corrected chi connectivity index (χ3v) is 2.62. The van der Waals surface area contributed by atoms with E-state index in [1.54, 1.807) is 11.9 Å². The van der Waals surface area contributed by atoms with Gasteiger partial charge >= 0.3 is 0 Å². The molecule has 0 aliphatic heterocycles. The van der Waals surface area contributed by atoms with Crippen molar-refractivity contribution in [3.8, 4) is 0 Å². The molecule has 0 unspecified atom stereocenters. The number of aryl methyl sites for hydroxylation is 2. The molecule has 0 fully saturated rings. The standard InChI is InChI=1S/C11H14ClNO/c1-8-5-11(12)9(2)4-10(8)6-13(3)7-14/h4-5,7H,6H2,1-3H3. The maximum absolute atomic E-state index is 10.5. The number of benzene rings is 1. The lowest BCUT2D eigenvalue weighted by molar-refractivity contribution is -0.117. The molecule has 0 bridgehead atoms. The average molecular weight is 212 g/mol. The van der Waals surface area contributed by atoms with Gasteiger partial charge in [-0.3, -0.25) is 4.79 Å². The Bertz CT molecular complexity index is 349. The molecule has 1 aromatic rings. The van der Waals surface area contributed by atoms with Crippen LogP contribution in [-0.4, -0.2) is 18.4 Å². The Kier molecular flexibility index (Phi) is 3.53. The maximum atomic E-state index is 10.5. The molecule has 0 N–H and O–H groups in total. The largest absolute Gasteiger partial charge is 0.344 e. The van der Waals surface area contributed by atoms with Gasteiger partial charge in [0, 0.05) is 18.6 Å². The second-order valence-corrected chi connectivity index (χ2v) is 3.96. The first-order valence-electron chi connectivity index (χ1n) is 4.45. The lowest BCUT2D eigenvalue weighted by Gasteiger charge is -2.14. The number of hydrogen-bond donors (Lipinski definition) is 0. The van der Waals surface area contributed by atoms with Gasteiger partial charge in [0.15, 0.2) is 0 Å². The first kappa shape index (κ1) is 11.1. The molecular weight excluding hydrogens is 198 g/mol. The predicted octanol–water partition coefficient (Wildman–Crippen LogP) is 2.55. The molecule has 0 saturated heterocycles. The second-order valence-electron chi connectivity index (χ2n) is 3.55. The summed E-state index contributed by atoms with van der Waals surface area (Å²) in [6.45, 7) is 4.60. The van der Waals surface area contributed by atoms with Crippen molar-refractivity contribution >= 4 is 18.0 Å². The van der Waals surface area contributed by atoms with Gasteiger partial charge in [0.05, 0.1) is 0 Å². The zero-order valence-electron chi connectivity index (χ0n) is 8.67. The highest BCUT2D eigenvalue weighted by atomic mass is 35.5. The minimum absolute atomic E-state index is 0.632. The van der Waals surface area contributed by atoms with Gasteiger partial charge in [-0.15, -0.1) is 0 Å². The topological polar surface area (TPSA) is 20.3 Å². The minimum atomic E-state index is 0.632. The van der Waals surface area contributed by atoms with E-state index in [4.69, 9.17) is 11.6 Å². The molecule has 0 spiro atoms. The summed E-state index contributed by atoms with van der Waals surface area (Å²) in [4.78, 5) is 12.1. The van der Waals surface area contributed by atoms with Crippen molar-refractivity contribution in [1.29, 1.82) is 0 Å². The molecule has 0 atom stereocenters. The van der Waals surface area contributed by atoms with Crippen molar-refractivity contribution in [1.82, 2.24) is 4.90 Å². The van der Waals surface area contributed by atoms with Crippen LogP contribution in [0.1, 0.15) is 16.7 Å². The summed E-state index contributed by atoms with van der Waals surface area (Å²) in [6.07, 6.45) is 0.823. The van der Waals surface area contributed by atoms with Crippen LogP contribution in [0.2, 0.25) is 5.02 Å². The van der Waals surface area contributed by atoms with Crippen LogP contribution >= 0.6 is 11.6 Å². The van der Waals surface area contributed by atoms with Gasteiger partial charge in [0.25, 0.3) is 0 Å². The van der Waals surface area contributed by atoms with E-state index in [2.05, 4.69) is 0 Å². The molecule has 1 aromatic carbocycles. The Labute approximate surface area is 89.5 Å². The number of carbonyl (C=O) groups is 1. The Morgan fingerprint density at radius 2 is 2.00 bits per heavy atom. The van der Waals surface area contributed by atoms with E-state index in [9.17, 15) is 4.79 Å². The van der Waals surface area contributed by atoms with Gasteiger partial charge < -0.3 is 4.90 Å². The molecule has 0 saturated carbocycles. The van der Waals surface area contributed by atoms with Crippen LogP contribution in [0.3, 0.4) is 0 Å². The third-order valence-electron chi connectivity index (χ3n) is 2.22. The summed E-state index contributed by atoms with van der Waals surface area (Å²) in [7, 11) is 1.76. The van der Waals surface area contributed by atoms with Crippen molar-refractivity contribution < 1.29 is 4.79 Å². The van der Waals surface area contributed by atoms with E-state index < -0.39 is 0 Å². The summed E-state index contributed by atoms with van der Waals surface area (Å²) in [6, 6.07) is 3.96. The van der Waals surface area contributed by atoms with Gasteiger partial charge in [-0.25, -0.2) is 0 Å². The van der Waals surface area contributed by atoms with Crippen LogP contribution in [0.25, 0.3) is 0 Å². The highest BCUT2D eigenvalue weighted by molar-refractivity contribution is 6.31. The first-order chi connectivity index (χ1) is 6.54. The minimum Gasteiger partial charge on any atom is -0.344 e. The highest BCUT2D eigenvalue weighted by Crippen LogP contribution is 2.20. The Balaban J connectivity index is 2.97. The summed E-state index contributed by atoms with van der Waals surface area (Å²) in [5.41, 5.74) is 3.31. The van der Waals surface area contributed by atoms with E-state index in [0.29, 0.717) is 6.54 Å². The van der Waals surface area contributed by atoms with Crippen LogP contribution in [0.5, 0.6) is 0 Å². The average Bonchev–Trinajstić information content (AvgIpc) is 2.14. The number of rotatable bonds is 3. The zero-order chi connectivity index (χ0) is 10.7. The molecule has 0 aliphatic carbocycles. The van der Waals surface area contributed by atoms with Gasteiger partial charge in [0.2, 0.25) is 6.41 Å². The summed E-state index contributed by atoms with van der Waals surface area (Å²) in [5.74, 6) is 0. The highest BCUT2D eigenvalue weighted by Gasteiger charge is 2.04. The second kappa shape index (κ2) is 4.47. The fourth-order valence-corrected chi connectivity index (χ4v) is 1.54. The maximum Gasteiger partial charge on any atom is 0.209 e. The Morgan fingerprint density at radius 3 is 2.57 bits per heavy atom. The number of hydrogen-bond acceptors (Lipinski definition) is 1. The monoisotopic (exact) mass is 211 g/mol. The summed E-state index contributed by atoms with van der Waals surface area (Å²) >= 11 is 5.97. The molecule has 0 aromatic heterocycles. The summed E-state index contributed by atoms with van der Waals surface area (Å²) in [5, 5.41) is 0.778. The van der Waals surface area contributed by atoms with Crippen molar-refractivity contribution in [3.63, 3.8) is 0 Å². The molecule has 1 rings (SSSR count). The Hall–Kier alpha value is -1.02. The number of carbonyl (C=O) groups excluding carboxylic acids is 1. The fraction of sp³-hybridized carbons (Fsp3) is 0.364. The van der Waals surface area contributed by atoms with E-state index in [1.165, 1.54) is 0 Å². The van der Waals surface area contributed by atoms with Crippen LogP contribution in [0, 0.1) is 13.8 Å². The van der Waals surface area contributed by atoms with Gasteiger partial charge in [0.1, 0.15) is 0 Å². The van der Waals surface area contributed by atoms with Crippen molar-refractivity contribution in [2.24, 2.45) is 0 Å². The lowest BCUT2D eigenvalue weighted by atomic mass is 10.1. The molecule has 1 amide bonds. The number of amides is 1. The predicted molar refractivity (Wildman–Crippen MR) is 58.5 cm³/mol.